The molecule has 1 aromatic carbocycles. The predicted octanol–water partition coefficient (Wildman–Crippen LogP) is 4.07. The minimum atomic E-state index is -0.478. The van der Waals surface area contributed by atoms with Crippen molar-refractivity contribution in [2.45, 2.75) is 64.9 Å². The third kappa shape index (κ3) is 6.35. The Bertz CT molecular complexity index is 683. The van der Waals surface area contributed by atoms with Gasteiger partial charge in [-0.1, -0.05) is 30.3 Å². The molecule has 160 valence electrons. The number of amides is 2. The van der Waals surface area contributed by atoms with Gasteiger partial charge in [-0.05, 0) is 57.4 Å². The molecule has 2 fully saturated rings. The average Bonchev–Trinajstić information content (AvgIpc) is 2.68. The van der Waals surface area contributed by atoms with Gasteiger partial charge in [0.25, 0.3) is 0 Å². The molecule has 1 aromatic rings. The first-order valence-corrected chi connectivity index (χ1v) is 10.3. The SMILES string of the molecule is CC(C)(C)OC(=O)N1CCC2(CCC(NC(=O)OCc3ccccc3)OC2)CC1. The molecular formula is C22H32N2O5. The van der Waals surface area contributed by atoms with Crippen molar-refractivity contribution in [3.05, 3.63) is 35.9 Å². The zero-order valence-electron chi connectivity index (χ0n) is 17.6. The molecule has 1 spiro atoms. The molecular weight excluding hydrogens is 372 g/mol. The van der Waals surface area contributed by atoms with Crippen LogP contribution in [0.2, 0.25) is 0 Å². The van der Waals surface area contributed by atoms with E-state index in [0.29, 0.717) is 19.7 Å². The van der Waals surface area contributed by atoms with E-state index in [4.69, 9.17) is 14.2 Å². The summed E-state index contributed by atoms with van der Waals surface area (Å²) in [6.07, 6.45) is 2.44. The Morgan fingerprint density at radius 1 is 1.17 bits per heavy atom. The molecule has 1 N–H and O–H groups in total. The van der Waals surface area contributed by atoms with E-state index in [9.17, 15) is 9.59 Å². The molecule has 3 rings (SSSR count). The van der Waals surface area contributed by atoms with E-state index in [2.05, 4.69) is 5.32 Å². The van der Waals surface area contributed by atoms with E-state index in [-0.39, 0.29) is 24.3 Å². The number of piperidine rings is 1. The first-order valence-electron chi connectivity index (χ1n) is 10.3. The fraction of sp³-hybridized carbons (Fsp3) is 0.636. The third-order valence-electron chi connectivity index (χ3n) is 5.49. The van der Waals surface area contributed by atoms with Crippen molar-refractivity contribution < 1.29 is 23.8 Å². The van der Waals surface area contributed by atoms with Gasteiger partial charge in [-0.2, -0.15) is 0 Å². The van der Waals surface area contributed by atoms with Crippen LogP contribution in [-0.2, 0) is 20.8 Å². The summed E-state index contributed by atoms with van der Waals surface area (Å²) >= 11 is 0. The topological polar surface area (TPSA) is 77.1 Å². The number of ether oxygens (including phenoxy) is 3. The lowest BCUT2D eigenvalue weighted by molar-refractivity contribution is -0.0953. The molecule has 0 bridgehead atoms. The van der Waals surface area contributed by atoms with Crippen LogP contribution in [0.25, 0.3) is 0 Å². The standard InChI is InChI=1S/C22H32N2O5/c1-21(2,3)29-20(26)24-13-11-22(12-14-24)10-9-18(28-16-22)23-19(25)27-15-17-7-5-4-6-8-17/h4-8,18H,9-16H2,1-3H3,(H,23,25). The number of benzene rings is 1. The maximum atomic E-state index is 12.2. The number of carbonyl (C=O) groups is 2. The van der Waals surface area contributed by atoms with Gasteiger partial charge in [0.2, 0.25) is 0 Å². The number of carbonyl (C=O) groups excluding carboxylic acids is 2. The number of hydrogen-bond donors (Lipinski definition) is 1. The largest absolute Gasteiger partial charge is 0.445 e. The Balaban J connectivity index is 1.38. The van der Waals surface area contributed by atoms with Gasteiger partial charge in [0.15, 0.2) is 0 Å². The molecule has 2 heterocycles. The number of likely N-dealkylation sites (tertiary alicyclic amines) is 1. The van der Waals surface area contributed by atoms with Crippen molar-refractivity contribution in [3.63, 3.8) is 0 Å². The van der Waals surface area contributed by atoms with Crippen LogP contribution < -0.4 is 5.32 Å². The Hall–Kier alpha value is -2.28. The van der Waals surface area contributed by atoms with Gasteiger partial charge < -0.3 is 19.1 Å². The second-order valence-electron chi connectivity index (χ2n) is 9.01. The summed E-state index contributed by atoms with van der Waals surface area (Å²) in [6.45, 7) is 7.81. The van der Waals surface area contributed by atoms with Crippen molar-refractivity contribution in [1.82, 2.24) is 10.2 Å². The van der Waals surface area contributed by atoms with Gasteiger partial charge in [0, 0.05) is 13.1 Å². The summed E-state index contributed by atoms with van der Waals surface area (Å²) in [5, 5.41) is 2.80. The highest BCUT2D eigenvalue weighted by Crippen LogP contribution is 2.40. The highest BCUT2D eigenvalue weighted by atomic mass is 16.6. The molecule has 2 amide bonds. The molecule has 7 nitrogen and oxygen atoms in total. The van der Waals surface area contributed by atoms with Gasteiger partial charge >= 0.3 is 12.2 Å². The number of hydrogen-bond acceptors (Lipinski definition) is 5. The van der Waals surface area contributed by atoms with Gasteiger partial charge in [-0.15, -0.1) is 0 Å². The quantitative estimate of drug-likeness (QED) is 0.822. The smallest absolute Gasteiger partial charge is 0.410 e. The molecule has 2 aliphatic heterocycles. The van der Waals surface area contributed by atoms with Crippen LogP contribution in [0.4, 0.5) is 9.59 Å². The third-order valence-corrected chi connectivity index (χ3v) is 5.49. The van der Waals surface area contributed by atoms with E-state index in [1.807, 2.05) is 51.1 Å². The van der Waals surface area contributed by atoms with Crippen LogP contribution in [-0.4, -0.2) is 48.6 Å². The number of alkyl carbamates (subject to hydrolysis) is 1. The fourth-order valence-corrected chi connectivity index (χ4v) is 3.76. The number of rotatable bonds is 3. The molecule has 2 aliphatic rings. The minimum Gasteiger partial charge on any atom is -0.445 e. The summed E-state index contributed by atoms with van der Waals surface area (Å²) in [6, 6.07) is 9.58. The summed E-state index contributed by atoms with van der Waals surface area (Å²) in [7, 11) is 0. The summed E-state index contributed by atoms with van der Waals surface area (Å²) in [5.41, 5.74) is 0.543. The average molecular weight is 405 g/mol. The van der Waals surface area contributed by atoms with Crippen molar-refractivity contribution >= 4 is 12.2 Å². The second-order valence-corrected chi connectivity index (χ2v) is 9.01. The Morgan fingerprint density at radius 3 is 2.45 bits per heavy atom. The lowest BCUT2D eigenvalue weighted by Gasteiger charge is -2.45. The fourth-order valence-electron chi connectivity index (χ4n) is 3.76. The van der Waals surface area contributed by atoms with Crippen LogP contribution >= 0.6 is 0 Å². The van der Waals surface area contributed by atoms with Crippen LogP contribution in [0.5, 0.6) is 0 Å². The zero-order chi connectivity index (χ0) is 20.9. The normalized spacial score (nSPS) is 21.5. The van der Waals surface area contributed by atoms with E-state index in [0.717, 1.165) is 31.2 Å². The lowest BCUT2D eigenvalue weighted by atomic mass is 9.74. The lowest BCUT2D eigenvalue weighted by Crippen LogP contribution is -2.51. The van der Waals surface area contributed by atoms with Crippen LogP contribution in [0, 0.1) is 5.41 Å². The predicted molar refractivity (Wildman–Crippen MR) is 108 cm³/mol. The Morgan fingerprint density at radius 2 is 1.86 bits per heavy atom. The second kappa shape index (κ2) is 9.03. The molecule has 2 saturated heterocycles. The molecule has 7 heteroatoms. The number of nitrogens with one attached hydrogen (secondary N) is 1. The Labute approximate surface area is 172 Å². The first kappa shape index (κ1) is 21.4. The Kier molecular flexibility index (Phi) is 6.67. The van der Waals surface area contributed by atoms with Crippen molar-refractivity contribution in [2.24, 2.45) is 5.41 Å². The van der Waals surface area contributed by atoms with Crippen molar-refractivity contribution in [1.29, 1.82) is 0 Å². The minimum absolute atomic E-state index is 0.0740. The molecule has 29 heavy (non-hydrogen) atoms. The maximum absolute atomic E-state index is 12.2. The van der Waals surface area contributed by atoms with Crippen molar-refractivity contribution in [3.8, 4) is 0 Å². The van der Waals surface area contributed by atoms with Gasteiger partial charge in [0.1, 0.15) is 18.4 Å². The van der Waals surface area contributed by atoms with E-state index >= 15 is 0 Å². The molecule has 1 unspecified atom stereocenters. The highest BCUT2D eigenvalue weighted by molar-refractivity contribution is 5.68. The van der Waals surface area contributed by atoms with Crippen LogP contribution in [0.1, 0.15) is 52.0 Å². The van der Waals surface area contributed by atoms with Crippen molar-refractivity contribution in [2.75, 3.05) is 19.7 Å². The monoisotopic (exact) mass is 404 g/mol. The summed E-state index contributed by atoms with van der Waals surface area (Å²) < 4.78 is 16.6. The maximum Gasteiger partial charge on any atom is 0.410 e. The van der Waals surface area contributed by atoms with Crippen LogP contribution in [0.15, 0.2) is 30.3 Å². The summed E-state index contributed by atoms with van der Waals surface area (Å²) in [5.74, 6) is 0. The number of nitrogens with zero attached hydrogens (tertiary/aromatic N) is 1. The molecule has 1 atom stereocenters. The molecule has 0 aliphatic carbocycles. The molecule has 0 aromatic heterocycles. The summed E-state index contributed by atoms with van der Waals surface area (Å²) in [4.78, 5) is 26.0. The van der Waals surface area contributed by atoms with Gasteiger partial charge in [-0.25, -0.2) is 9.59 Å². The zero-order valence-corrected chi connectivity index (χ0v) is 17.6. The van der Waals surface area contributed by atoms with E-state index in [1.165, 1.54) is 0 Å². The molecule has 0 radical (unpaired) electrons. The highest BCUT2D eigenvalue weighted by Gasteiger charge is 2.40. The molecule has 0 saturated carbocycles. The van der Waals surface area contributed by atoms with Gasteiger partial charge in [0.05, 0.1) is 6.61 Å². The van der Waals surface area contributed by atoms with E-state index < -0.39 is 11.7 Å². The first-order chi connectivity index (χ1) is 13.7. The van der Waals surface area contributed by atoms with E-state index in [1.54, 1.807) is 4.90 Å². The van der Waals surface area contributed by atoms with Crippen LogP contribution in [0.3, 0.4) is 0 Å². The van der Waals surface area contributed by atoms with Gasteiger partial charge in [-0.3, -0.25) is 5.32 Å².